The summed E-state index contributed by atoms with van der Waals surface area (Å²) in [6, 6.07) is 15.1. The SMILES string of the molecule is C=S(=O)(Nc1cccc(F)n1)c1cc2oc(=O)n(C(C)c3ccccc3C)c2cc1C. The molecule has 0 aliphatic carbocycles. The fourth-order valence-corrected chi connectivity index (χ4v) is 5.21. The molecule has 2 aromatic heterocycles. The van der Waals surface area contributed by atoms with Gasteiger partial charge in [-0.2, -0.15) is 4.39 Å². The standard InChI is InChI=1S/C23H22FN3O3S/c1-14-8-5-6-9-17(14)16(3)27-18-12-15(2)20(13-19(18)30-23(27)28)31(4,29)26-22-11-7-10-21(24)25-22/h5-13,16H,4H2,1-3H3,(H,25,26,29). The number of nitrogens with zero attached hydrogens (tertiary/aromatic N) is 2. The lowest BCUT2D eigenvalue weighted by atomic mass is 10.0. The summed E-state index contributed by atoms with van der Waals surface area (Å²) in [5, 5.41) is 0. The number of hydrogen-bond acceptors (Lipinski definition) is 4. The van der Waals surface area contributed by atoms with Crippen molar-refractivity contribution in [2.24, 2.45) is 0 Å². The van der Waals surface area contributed by atoms with Crippen LogP contribution >= 0.6 is 0 Å². The van der Waals surface area contributed by atoms with Crippen LogP contribution < -0.4 is 10.5 Å². The molecule has 0 aliphatic rings. The molecule has 2 atom stereocenters. The number of rotatable bonds is 5. The van der Waals surface area contributed by atoms with Gasteiger partial charge in [-0.3, -0.25) is 9.29 Å². The zero-order valence-electron chi connectivity index (χ0n) is 17.4. The van der Waals surface area contributed by atoms with Crippen molar-refractivity contribution < 1.29 is 13.0 Å². The molecule has 0 saturated heterocycles. The van der Waals surface area contributed by atoms with E-state index in [-0.39, 0.29) is 11.9 Å². The van der Waals surface area contributed by atoms with Crippen LogP contribution in [0.25, 0.3) is 11.1 Å². The van der Waals surface area contributed by atoms with Gasteiger partial charge in [-0.05, 0) is 61.5 Å². The lowest BCUT2D eigenvalue weighted by Crippen LogP contribution is -2.20. The minimum absolute atomic E-state index is 0.103. The topological polar surface area (TPSA) is 77.1 Å². The highest BCUT2D eigenvalue weighted by Crippen LogP contribution is 2.29. The fourth-order valence-electron chi connectivity index (χ4n) is 3.77. The smallest absolute Gasteiger partial charge is 0.408 e. The van der Waals surface area contributed by atoms with Crippen molar-refractivity contribution in [2.75, 3.05) is 4.72 Å². The second kappa shape index (κ2) is 7.70. The highest BCUT2D eigenvalue weighted by molar-refractivity contribution is 8.01. The largest absolute Gasteiger partial charge is 0.420 e. The summed E-state index contributed by atoms with van der Waals surface area (Å²) < 4.78 is 36.5. The van der Waals surface area contributed by atoms with Gasteiger partial charge in [0.1, 0.15) is 5.82 Å². The van der Waals surface area contributed by atoms with Gasteiger partial charge in [0.15, 0.2) is 5.58 Å². The molecule has 1 N–H and O–H groups in total. The van der Waals surface area contributed by atoms with Gasteiger partial charge < -0.3 is 4.42 Å². The van der Waals surface area contributed by atoms with Gasteiger partial charge >= 0.3 is 5.76 Å². The normalized spacial score (nSPS) is 14.3. The Bertz CT molecular complexity index is 1450. The molecule has 2 unspecified atom stereocenters. The maximum Gasteiger partial charge on any atom is 0.420 e. The number of oxazole rings is 1. The van der Waals surface area contributed by atoms with Crippen LogP contribution in [0.3, 0.4) is 0 Å². The predicted molar refractivity (Wildman–Crippen MR) is 122 cm³/mol. The number of pyridine rings is 1. The maximum atomic E-state index is 13.4. The monoisotopic (exact) mass is 439 g/mol. The molecule has 4 rings (SSSR count). The zero-order chi connectivity index (χ0) is 22.3. The number of fused-ring (bicyclic) bond motifs is 1. The van der Waals surface area contributed by atoms with Gasteiger partial charge in [-0.25, -0.2) is 14.0 Å². The van der Waals surface area contributed by atoms with E-state index in [0.29, 0.717) is 21.6 Å². The first kappa shape index (κ1) is 20.9. The van der Waals surface area contributed by atoms with Crippen molar-refractivity contribution in [3.63, 3.8) is 0 Å². The summed E-state index contributed by atoms with van der Waals surface area (Å²) in [5.74, 6) is 2.69. The van der Waals surface area contributed by atoms with Crippen LogP contribution in [-0.4, -0.2) is 19.6 Å². The Morgan fingerprint density at radius 2 is 1.87 bits per heavy atom. The van der Waals surface area contributed by atoms with E-state index in [1.807, 2.05) is 38.1 Å². The average Bonchev–Trinajstić information content (AvgIpc) is 3.01. The summed E-state index contributed by atoms with van der Waals surface area (Å²) >= 11 is 0. The fraction of sp³-hybridized carbons (Fsp3) is 0.174. The number of halogens is 1. The van der Waals surface area contributed by atoms with Gasteiger partial charge in [-0.1, -0.05) is 30.3 Å². The predicted octanol–water partition coefficient (Wildman–Crippen LogP) is 4.46. The van der Waals surface area contributed by atoms with Crippen LogP contribution in [0.5, 0.6) is 0 Å². The zero-order valence-corrected chi connectivity index (χ0v) is 18.2. The molecular weight excluding hydrogens is 417 g/mol. The van der Waals surface area contributed by atoms with Crippen molar-refractivity contribution in [1.29, 1.82) is 0 Å². The Hall–Kier alpha value is -3.39. The second-order valence-corrected chi connectivity index (χ2v) is 9.47. The molecule has 0 amide bonds. The van der Waals surface area contributed by atoms with Gasteiger partial charge in [0.25, 0.3) is 0 Å². The molecule has 160 valence electrons. The molecule has 0 fully saturated rings. The summed E-state index contributed by atoms with van der Waals surface area (Å²) in [4.78, 5) is 16.7. The molecular formula is C23H22FN3O3S. The van der Waals surface area contributed by atoms with E-state index in [1.165, 1.54) is 18.2 Å². The molecule has 2 heterocycles. The van der Waals surface area contributed by atoms with Crippen LogP contribution in [0, 0.1) is 19.8 Å². The van der Waals surface area contributed by atoms with Crippen molar-refractivity contribution in [2.45, 2.75) is 31.7 Å². The lowest BCUT2D eigenvalue weighted by molar-refractivity contribution is 0.489. The summed E-state index contributed by atoms with van der Waals surface area (Å²) in [5.41, 5.74) is 3.63. The minimum Gasteiger partial charge on any atom is -0.408 e. The first-order valence-electron chi connectivity index (χ1n) is 9.66. The number of anilines is 1. The molecule has 4 aromatic rings. The molecule has 0 aliphatic heterocycles. The van der Waals surface area contributed by atoms with Gasteiger partial charge in [-0.15, -0.1) is 0 Å². The number of nitrogens with one attached hydrogen (secondary N) is 1. The van der Waals surface area contributed by atoms with Crippen molar-refractivity contribution >= 4 is 32.5 Å². The molecule has 0 bridgehead atoms. The molecule has 0 radical (unpaired) electrons. The van der Waals surface area contributed by atoms with E-state index < -0.39 is 21.4 Å². The Kier molecular flexibility index (Phi) is 5.18. The Morgan fingerprint density at radius 3 is 2.58 bits per heavy atom. The molecule has 0 saturated carbocycles. The van der Waals surface area contributed by atoms with Crippen LogP contribution in [-0.2, 0) is 9.71 Å². The average molecular weight is 440 g/mol. The Balaban J connectivity index is 1.80. The number of benzene rings is 2. The Labute approximate surface area is 179 Å². The van der Waals surface area contributed by atoms with E-state index in [4.69, 9.17) is 4.42 Å². The van der Waals surface area contributed by atoms with Crippen LogP contribution in [0.1, 0.15) is 29.7 Å². The van der Waals surface area contributed by atoms with Gasteiger partial charge in [0.05, 0.1) is 26.2 Å². The third-order valence-electron chi connectivity index (χ3n) is 5.28. The van der Waals surface area contributed by atoms with Gasteiger partial charge in [0.2, 0.25) is 5.95 Å². The van der Waals surface area contributed by atoms with E-state index in [0.717, 1.165) is 11.1 Å². The summed E-state index contributed by atoms with van der Waals surface area (Å²) in [7, 11) is -3.09. The third kappa shape index (κ3) is 3.86. The minimum atomic E-state index is -3.09. The number of aromatic nitrogens is 2. The van der Waals surface area contributed by atoms with Crippen molar-refractivity contribution in [1.82, 2.24) is 9.55 Å². The first-order chi connectivity index (χ1) is 14.7. The molecule has 31 heavy (non-hydrogen) atoms. The quantitative estimate of drug-likeness (QED) is 0.368. The highest BCUT2D eigenvalue weighted by Gasteiger charge is 2.21. The van der Waals surface area contributed by atoms with Crippen molar-refractivity contribution in [3.05, 3.63) is 87.8 Å². The third-order valence-corrected chi connectivity index (χ3v) is 6.96. The van der Waals surface area contributed by atoms with Crippen LogP contribution in [0.4, 0.5) is 10.2 Å². The van der Waals surface area contributed by atoms with E-state index >= 15 is 0 Å². The van der Waals surface area contributed by atoms with E-state index in [2.05, 4.69) is 15.6 Å². The summed E-state index contributed by atoms with van der Waals surface area (Å²) in [6.07, 6.45) is 0. The lowest BCUT2D eigenvalue weighted by Gasteiger charge is -2.17. The van der Waals surface area contributed by atoms with Crippen molar-refractivity contribution in [3.8, 4) is 0 Å². The van der Waals surface area contributed by atoms with Gasteiger partial charge in [0, 0.05) is 6.07 Å². The second-order valence-electron chi connectivity index (χ2n) is 7.48. The van der Waals surface area contributed by atoms with E-state index in [9.17, 15) is 13.4 Å². The first-order valence-corrected chi connectivity index (χ1v) is 11.4. The summed E-state index contributed by atoms with van der Waals surface area (Å²) in [6.45, 7) is 5.71. The number of aryl methyl sites for hydroxylation is 2. The molecule has 0 spiro atoms. The number of hydrogen-bond donors (Lipinski definition) is 1. The molecule has 6 nitrogen and oxygen atoms in total. The highest BCUT2D eigenvalue weighted by atomic mass is 32.2. The maximum absolute atomic E-state index is 13.4. The molecule has 8 heteroatoms. The van der Waals surface area contributed by atoms with Crippen LogP contribution in [0.2, 0.25) is 0 Å². The molecule has 2 aromatic carbocycles. The Morgan fingerprint density at radius 1 is 1.13 bits per heavy atom. The van der Waals surface area contributed by atoms with Crippen LogP contribution in [0.15, 0.2) is 68.7 Å². The van der Waals surface area contributed by atoms with E-state index in [1.54, 1.807) is 23.6 Å².